The molecule has 2 aromatic heterocycles. The minimum absolute atomic E-state index is 0.0658. The maximum atomic E-state index is 12.5. The average Bonchev–Trinajstić information content (AvgIpc) is 2.96. The number of methoxy groups -OCH3 is 1. The SMILES string of the molecule is COc1ccccc1C1CC(=O)Nc2c1c(C)nn2-c1nc(C)cc(C)n1. The predicted octanol–water partition coefficient (Wildman–Crippen LogP) is 3.07. The molecule has 1 amide bonds. The number of amides is 1. The summed E-state index contributed by atoms with van der Waals surface area (Å²) in [6.45, 7) is 5.77. The smallest absolute Gasteiger partial charge is 0.252 e. The number of nitrogens with one attached hydrogen (secondary N) is 1. The Morgan fingerprint density at radius 3 is 2.56 bits per heavy atom. The Hall–Kier alpha value is -3.22. The van der Waals surface area contributed by atoms with Crippen molar-refractivity contribution in [3.63, 3.8) is 0 Å². The third-order valence-electron chi connectivity index (χ3n) is 4.78. The number of aromatic nitrogens is 4. The van der Waals surface area contributed by atoms with Crippen LogP contribution in [0.25, 0.3) is 5.95 Å². The number of hydrogen-bond acceptors (Lipinski definition) is 5. The first-order chi connectivity index (χ1) is 13.0. The highest BCUT2D eigenvalue weighted by Gasteiger charge is 2.34. The molecule has 0 saturated carbocycles. The summed E-state index contributed by atoms with van der Waals surface area (Å²) in [4.78, 5) is 21.5. The first kappa shape index (κ1) is 17.2. The second kappa shape index (κ2) is 6.50. The summed E-state index contributed by atoms with van der Waals surface area (Å²) < 4.78 is 7.16. The number of rotatable bonds is 3. The highest BCUT2D eigenvalue weighted by Crippen LogP contribution is 2.42. The third-order valence-corrected chi connectivity index (χ3v) is 4.78. The molecule has 1 N–H and O–H groups in total. The average molecular weight is 363 g/mol. The summed E-state index contributed by atoms with van der Waals surface area (Å²) in [7, 11) is 1.64. The molecule has 1 aliphatic rings. The van der Waals surface area contributed by atoms with E-state index in [9.17, 15) is 4.79 Å². The second-order valence-electron chi connectivity index (χ2n) is 6.76. The van der Waals surface area contributed by atoms with Crippen LogP contribution in [-0.4, -0.2) is 32.8 Å². The van der Waals surface area contributed by atoms with E-state index >= 15 is 0 Å². The Labute approximate surface area is 157 Å². The van der Waals surface area contributed by atoms with Crippen molar-refractivity contribution in [1.82, 2.24) is 19.7 Å². The van der Waals surface area contributed by atoms with Crippen LogP contribution in [0.1, 0.15) is 40.5 Å². The predicted molar refractivity (Wildman–Crippen MR) is 101 cm³/mol. The molecule has 1 aromatic carbocycles. The van der Waals surface area contributed by atoms with Gasteiger partial charge in [0.2, 0.25) is 5.91 Å². The molecule has 138 valence electrons. The van der Waals surface area contributed by atoms with E-state index in [1.165, 1.54) is 0 Å². The topological polar surface area (TPSA) is 81.9 Å². The molecule has 0 spiro atoms. The molecular weight excluding hydrogens is 342 g/mol. The van der Waals surface area contributed by atoms with Crippen LogP contribution in [0.5, 0.6) is 5.75 Å². The molecule has 3 aromatic rings. The van der Waals surface area contributed by atoms with Crippen LogP contribution in [0.2, 0.25) is 0 Å². The number of carbonyl (C=O) groups is 1. The first-order valence-corrected chi connectivity index (χ1v) is 8.83. The van der Waals surface area contributed by atoms with Gasteiger partial charge in [-0.15, -0.1) is 0 Å². The number of aryl methyl sites for hydroxylation is 3. The molecule has 4 rings (SSSR count). The molecule has 7 heteroatoms. The van der Waals surface area contributed by atoms with Gasteiger partial charge in [-0.25, -0.2) is 9.97 Å². The lowest BCUT2D eigenvalue weighted by molar-refractivity contribution is -0.116. The van der Waals surface area contributed by atoms with Crippen LogP contribution in [0.4, 0.5) is 5.82 Å². The van der Waals surface area contributed by atoms with E-state index in [0.29, 0.717) is 18.2 Å². The number of carbonyl (C=O) groups excluding carboxylic acids is 1. The molecule has 0 aliphatic carbocycles. The zero-order chi connectivity index (χ0) is 19.1. The highest BCUT2D eigenvalue weighted by atomic mass is 16.5. The van der Waals surface area contributed by atoms with Crippen LogP contribution in [0, 0.1) is 20.8 Å². The van der Waals surface area contributed by atoms with Crippen molar-refractivity contribution in [2.24, 2.45) is 0 Å². The molecule has 1 aliphatic heterocycles. The van der Waals surface area contributed by atoms with Gasteiger partial charge in [-0.1, -0.05) is 18.2 Å². The minimum Gasteiger partial charge on any atom is -0.496 e. The molecule has 0 radical (unpaired) electrons. The fourth-order valence-corrected chi connectivity index (χ4v) is 3.71. The Balaban J connectivity index is 1.91. The van der Waals surface area contributed by atoms with E-state index in [1.54, 1.807) is 11.8 Å². The molecule has 0 saturated heterocycles. The van der Waals surface area contributed by atoms with Gasteiger partial charge in [-0.3, -0.25) is 4.79 Å². The van der Waals surface area contributed by atoms with Crippen LogP contribution < -0.4 is 10.1 Å². The fourth-order valence-electron chi connectivity index (χ4n) is 3.71. The van der Waals surface area contributed by atoms with Gasteiger partial charge in [0.05, 0.1) is 12.8 Å². The van der Waals surface area contributed by atoms with Crippen LogP contribution in [0.3, 0.4) is 0 Å². The Kier molecular flexibility index (Phi) is 4.14. The molecule has 1 atom stereocenters. The van der Waals surface area contributed by atoms with E-state index in [4.69, 9.17) is 4.74 Å². The summed E-state index contributed by atoms with van der Waals surface area (Å²) in [6, 6.07) is 9.69. The number of fused-ring (bicyclic) bond motifs is 1. The minimum atomic E-state index is -0.135. The lowest BCUT2D eigenvalue weighted by Crippen LogP contribution is -2.25. The second-order valence-corrected chi connectivity index (χ2v) is 6.76. The number of para-hydroxylation sites is 1. The standard InChI is InChI=1S/C20H21N5O2/c1-11-9-12(2)22-20(21-11)25-19-18(13(3)24-25)15(10-17(26)23-19)14-7-5-6-8-16(14)27-4/h5-9,15H,10H2,1-4H3,(H,23,26). The van der Waals surface area contributed by atoms with Crippen molar-refractivity contribution in [1.29, 1.82) is 0 Å². The van der Waals surface area contributed by atoms with Gasteiger partial charge in [0.1, 0.15) is 11.6 Å². The van der Waals surface area contributed by atoms with E-state index in [1.807, 2.05) is 51.1 Å². The van der Waals surface area contributed by atoms with E-state index in [-0.39, 0.29) is 11.8 Å². The number of hydrogen-bond donors (Lipinski definition) is 1. The Bertz CT molecular complexity index is 1020. The van der Waals surface area contributed by atoms with Crippen molar-refractivity contribution in [2.75, 3.05) is 12.4 Å². The monoisotopic (exact) mass is 363 g/mol. The Morgan fingerprint density at radius 2 is 1.85 bits per heavy atom. The Morgan fingerprint density at radius 1 is 1.15 bits per heavy atom. The van der Waals surface area contributed by atoms with Gasteiger partial charge < -0.3 is 10.1 Å². The number of nitrogens with zero attached hydrogens (tertiary/aromatic N) is 4. The van der Waals surface area contributed by atoms with Gasteiger partial charge in [-0.2, -0.15) is 9.78 Å². The quantitative estimate of drug-likeness (QED) is 0.773. The molecule has 0 bridgehead atoms. The van der Waals surface area contributed by atoms with Gasteiger partial charge in [0.15, 0.2) is 0 Å². The zero-order valence-corrected chi connectivity index (χ0v) is 15.8. The number of ether oxygens (including phenoxy) is 1. The largest absolute Gasteiger partial charge is 0.496 e. The lowest BCUT2D eigenvalue weighted by Gasteiger charge is -2.25. The van der Waals surface area contributed by atoms with E-state index < -0.39 is 0 Å². The molecule has 1 unspecified atom stereocenters. The number of benzene rings is 1. The number of anilines is 1. The first-order valence-electron chi connectivity index (χ1n) is 8.83. The van der Waals surface area contributed by atoms with Crippen LogP contribution in [0.15, 0.2) is 30.3 Å². The normalized spacial score (nSPS) is 16.0. The lowest BCUT2D eigenvalue weighted by atomic mass is 9.85. The van der Waals surface area contributed by atoms with Gasteiger partial charge in [0.25, 0.3) is 5.95 Å². The summed E-state index contributed by atoms with van der Waals surface area (Å²) in [5.74, 6) is 1.65. The van der Waals surface area contributed by atoms with Crippen LogP contribution in [-0.2, 0) is 4.79 Å². The van der Waals surface area contributed by atoms with Crippen LogP contribution >= 0.6 is 0 Å². The summed E-state index contributed by atoms with van der Waals surface area (Å²) in [5.41, 5.74) is 4.48. The van der Waals surface area contributed by atoms with Gasteiger partial charge in [0, 0.05) is 34.9 Å². The van der Waals surface area contributed by atoms with Crippen molar-refractivity contribution >= 4 is 11.7 Å². The van der Waals surface area contributed by atoms with E-state index in [2.05, 4.69) is 20.4 Å². The fraction of sp³-hybridized carbons (Fsp3) is 0.300. The summed E-state index contributed by atoms with van der Waals surface area (Å²) in [6.07, 6.45) is 0.341. The van der Waals surface area contributed by atoms with Crippen molar-refractivity contribution in [3.05, 3.63) is 58.5 Å². The third kappa shape index (κ3) is 2.95. The van der Waals surface area contributed by atoms with Crippen molar-refractivity contribution in [3.8, 4) is 11.7 Å². The van der Waals surface area contributed by atoms with Crippen molar-refractivity contribution < 1.29 is 9.53 Å². The maximum Gasteiger partial charge on any atom is 0.252 e. The molecule has 27 heavy (non-hydrogen) atoms. The molecular formula is C20H21N5O2. The highest BCUT2D eigenvalue weighted by molar-refractivity contribution is 5.95. The molecule has 0 fully saturated rings. The van der Waals surface area contributed by atoms with Gasteiger partial charge >= 0.3 is 0 Å². The molecule has 3 heterocycles. The summed E-state index contributed by atoms with van der Waals surface area (Å²) in [5, 5.41) is 7.61. The van der Waals surface area contributed by atoms with E-state index in [0.717, 1.165) is 34.0 Å². The zero-order valence-electron chi connectivity index (χ0n) is 15.8. The summed E-state index contributed by atoms with van der Waals surface area (Å²) >= 11 is 0. The van der Waals surface area contributed by atoms with Gasteiger partial charge in [-0.05, 0) is 32.9 Å². The maximum absolute atomic E-state index is 12.5. The van der Waals surface area contributed by atoms with Crippen molar-refractivity contribution in [2.45, 2.75) is 33.1 Å². The molecule has 7 nitrogen and oxygen atoms in total.